The molecule has 0 N–H and O–H groups in total. The molecule has 1 aliphatic rings. The SMILES string of the molecule is Cc1cc(C)cc(C2CCCN2C(=O)CC(C)C(C)C)c1. The summed E-state index contributed by atoms with van der Waals surface area (Å²) in [6, 6.07) is 6.98. The highest BCUT2D eigenvalue weighted by atomic mass is 16.2. The molecular weight excluding hydrogens is 258 g/mol. The third-order valence-corrected chi connectivity index (χ3v) is 4.84. The van der Waals surface area contributed by atoms with E-state index < -0.39 is 0 Å². The van der Waals surface area contributed by atoms with Crippen molar-refractivity contribution >= 4 is 5.91 Å². The van der Waals surface area contributed by atoms with E-state index in [1.165, 1.54) is 16.7 Å². The smallest absolute Gasteiger partial charge is 0.223 e. The Morgan fingerprint density at radius 2 is 1.81 bits per heavy atom. The molecule has 2 atom stereocenters. The first-order valence-electron chi connectivity index (χ1n) is 8.26. The lowest BCUT2D eigenvalue weighted by molar-refractivity contribution is -0.133. The quantitative estimate of drug-likeness (QED) is 0.789. The first-order valence-corrected chi connectivity index (χ1v) is 8.26. The zero-order valence-corrected chi connectivity index (χ0v) is 14.1. The van der Waals surface area contributed by atoms with Gasteiger partial charge in [0.1, 0.15) is 0 Å². The second-order valence-electron chi connectivity index (χ2n) is 7.09. The van der Waals surface area contributed by atoms with Crippen molar-refractivity contribution in [2.75, 3.05) is 6.54 Å². The zero-order chi connectivity index (χ0) is 15.6. The Kier molecular flexibility index (Phi) is 5.08. The molecule has 2 nitrogen and oxygen atoms in total. The van der Waals surface area contributed by atoms with Gasteiger partial charge in [-0.3, -0.25) is 4.79 Å². The third kappa shape index (κ3) is 3.87. The van der Waals surface area contributed by atoms with Gasteiger partial charge in [0.2, 0.25) is 5.91 Å². The molecule has 1 saturated heterocycles. The standard InChI is InChI=1S/C19H29NO/c1-13(2)16(5)12-19(21)20-8-6-7-18(20)17-10-14(3)9-15(4)11-17/h9-11,13,16,18H,6-8,12H2,1-5H3. The minimum absolute atomic E-state index is 0.287. The topological polar surface area (TPSA) is 20.3 Å². The normalized spacial score (nSPS) is 20.1. The lowest BCUT2D eigenvalue weighted by Crippen LogP contribution is -2.32. The Balaban J connectivity index is 2.14. The Hall–Kier alpha value is -1.31. The second kappa shape index (κ2) is 6.64. The Morgan fingerprint density at radius 3 is 2.38 bits per heavy atom. The summed E-state index contributed by atoms with van der Waals surface area (Å²) < 4.78 is 0. The van der Waals surface area contributed by atoms with E-state index in [1.54, 1.807) is 0 Å². The van der Waals surface area contributed by atoms with Crippen LogP contribution in [0.25, 0.3) is 0 Å². The van der Waals surface area contributed by atoms with E-state index in [2.05, 4.69) is 57.7 Å². The van der Waals surface area contributed by atoms with Gasteiger partial charge in [-0.05, 0) is 44.1 Å². The molecular formula is C19H29NO. The molecule has 0 bridgehead atoms. The molecule has 0 aromatic heterocycles. The van der Waals surface area contributed by atoms with Crippen molar-refractivity contribution in [3.05, 3.63) is 34.9 Å². The van der Waals surface area contributed by atoms with Gasteiger partial charge in [0.05, 0.1) is 6.04 Å². The summed E-state index contributed by atoms with van der Waals surface area (Å²) in [5.74, 6) is 1.35. The molecule has 0 aliphatic carbocycles. The number of aryl methyl sites for hydroxylation is 2. The summed E-state index contributed by atoms with van der Waals surface area (Å²) >= 11 is 0. The lowest BCUT2D eigenvalue weighted by Gasteiger charge is -2.27. The fourth-order valence-corrected chi connectivity index (χ4v) is 3.24. The van der Waals surface area contributed by atoms with Crippen LogP contribution in [0.15, 0.2) is 18.2 Å². The van der Waals surface area contributed by atoms with E-state index >= 15 is 0 Å². The maximum Gasteiger partial charge on any atom is 0.223 e. The summed E-state index contributed by atoms with van der Waals surface area (Å²) in [4.78, 5) is 14.8. The fourth-order valence-electron chi connectivity index (χ4n) is 3.24. The lowest BCUT2D eigenvalue weighted by atomic mass is 9.93. The van der Waals surface area contributed by atoms with Crippen molar-refractivity contribution in [3.8, 4) is 0 Å². The minimum atomic E-state index is 0.287. The van der Waals surface area contributed by atoms with E-state index in [-0.39, 0.29) is 6.04 Å². The number of rotatable bonds is 4. The monoisotopic (exact) mass is 287 g/mol. The number of likely N-dealkylation sites (tertiary alicyclic amines) is 1. The van der Waals surface area contributed by atoms with Crippen LogP contribution in [0.5, 0.6) is 0 Å². The van der Waals surface area contributed by atoms with Crippen LogP contribution in [-0.2, 0) is 4.79 Å². The van der Waals surface area contributed by atoms with Crippen molar-refractivity contribution in [1.29, 1.82) is 0 Å². The van der Waals surface area contributed by atoms with Crippen molar-refractivity contribution < 1.29 is 4.79 Å². The Labute approximate surface area is 129 Å². The van der Waals surface area contributed by atoms with Gasteiger partial charge in [-0.1, -0.05) is 50.1 Å². The molecule has 1 amide bonds. The molecule has 0 saturated carbocycles. The van der Waals surface area contributed by atoms with Gasteiger partial charge >= 0.3 is 0 Å². The molecule has 1 aromatic carbocycles. The predicted molar refractivity (Wildman–Crippen MR) is 88.2 cm³/mol. The highest BCUT2D eigenvalue weighted by molar-refractivity contribution is 5.77. The summed E-state index contributed by atoms with van der Waals surface area (Å²) in [6.07, 6.45) is 2.91. The molecule has 1 fully saturated rings. The average Bonchev–Trinajstić information content (AvgIpc) is 2.86. The highest BCUT2D eigenvalue weighted by Gasteiger charge is 2.30. The van der Waals surface area contributed by atoms with Crippen LogP contribution in [0.1, 0.15) is 62.8 Å². The van der Waals surface area contributed by atoms with Crippen LogP contribution in [0.3, 0.4) is 0 Å². The first-order chi connectivity index (χ1) is 9.88. The molecule has 1 heterocycles. The number of benzene rings is 1. The summed E-state index contributed by atoms with van der Waals surface area (Å²) in [6.45, 7) is 11.8. The van der Waals surface area contributed by atoms with Gasteiger partial charge in [-0.2, -0.15) is 0 Å². The van der Waals surface area contributed by atoms with Gasteiger partial charge in [0, 0.05) is 13.0 Å². The molecule has 21 heavy (non-hydrogen) atoms. The summed E-state index contributed by atoms with van der Waals surface area (Å²) in [5.41, 5.74) is 3.90. The summed E-state index contributed by atoms with van der Waals surface area (Å²) in [5, 5.41) is 0. The van der Waals surface area contributed by atoms with Crippen molar-refractivity contribution in [2.24, 2.45) is 11.8 Å². The van der Waals surface area contributed by atoms with Gasteiger partial charge in [0.25, 0.3) is 0 Å². The molecule has 116 valence electrons. The first kappa shape index (κ1) is 16.1. The van der Waals surface area contributed by atoms with Gasteiger partial charge in [0.15, 0.2) is 0 Å². The average molecular weight is 287 g/mol. The Morgan fingerprint density at radius 1 is 1.19 bits per heavy atom. The predicted octanol–water partition coefficient (Wildman–Crippen LogP) is 4.65. The van der Waals surface area contributed by atoms with Crippen molar-refractivity contribution in [2.45, 2.75) is 59.9 Å². The largest absolute Gasteiger partial charge is 0.336 e. The van der Waals surface area contributed by atoms with E-state index in [9.17, 15) is 4.79 Å². The zero-order valence-electron chi connectivity index (χ0n) is 14.1. The van der Waals surface area contributed by atoms with Gasteiger partial charge in [-0.15, -0.1) is 0 Å². The molecule has 2 heteroatoms. The molecule has 0 radical (unpaired) electrons. The minimum Gasteiger partial charge on any atom is -0.336 e. The van der Waals surface area contributed by atoms with Crippen LogP contribution >= 0.6 is 0 Å². The molecule has 1 aliphatic heterocycles. The van der Waals surface area contributed by atoms with E-state index in [0.717, 1.165) is 19.4 Å². The number of carbonyl (C=O) groups excluding carboxylic acids is 1. The van der Waals surface area contributed by atoms with E-state index in [4.69, 9.17) is 0 Å². The van der Waals surface area contributed by atoms with Crippen molar-refractivity contribution in [1.82, 2.24) is 4.90 Å². The second-order valence-corrected chi connectivity index (χ2v) is 7.09. The number of hydrogen-bond acceptors (Lipinski definition) is 1. The number of hydrogen-bond donors (Lipinski definition) is 0. The number of carbonyl (C=O) groups is 1. The van der Waals surface area contributed by atoms with Crippen molar-refractivity contribution in [3.63, 3.8) is 0 Å². The molecule has 1 aromatic rings. The molecule has 2 rings (SSSR count). The van der Waals surface area contributed by atoms with Gasteiger partial charge in [-0.25, -0.2) is 0 Å². The van der Waals surface area contributed by atoms with Gasteiger partial charge < -0.3 is 4.90 Å². The van der Waals surface area contributed by atoms with Crippen LogP contribution < -0.4 is 0 Å². The fraction of sp³-hybridized carbons (Fsp3) is 0.632. The third-order valence-electron chi connectivity index (χ3n) is 4.84. The van der Waals surface area contributed by atoms with Crippen LogP contribution in [-0.4, -0.2) is 17.4 Å². The maximum absolute atomic E-state index is 12.6. The van der Waals surface area contributed by atoms with Crippen LogP contribution in [0.2, 0.25) is 0 Å². The molecule has 0 spiro atoms. The number of nitrogens with zero attached hydrogens (tertiary/aromatic N) is 1. The molecule has 2 unspecified atom stereocenters. The summed E-state index contributed by atoms with van der Waals surface area (Å²) in [7, 11) is 0. The Bertz CT molecular complexity index is 486. The van der Waals surface area contributed by atoms with E-state index in [1.807, 2.05) is 0 Å². The van der Waals surface area contributed by atoms with Crippen LogP contribution in [0, 0.1) is 25.7 Å². The van der Waals surface area contributed by atoms with E-state index in [0.29, 0.717) is 24.2 Å². The number of amides is 1. The van der Waals surface area contributed by atoms with Crippen LogP contribution in [0.4, 0.5) is 0 Å². The highest BCUT2D eigenvalue weighted by Crippen LogP contribution is 2.34. The maximum atomic E-state index is 12.6.